The zero-order chi connectivity index (χ0) is 18.7. The summed E-state index contributed by atoms with van der Waals surface area (Å²) >= 11 is 17.5. The molecule has 0 unspecified atom stereocenters. The highest BCUT2D eigenvalue weighted by molar-refractivity contribution is 7.80. The van der Waals surface area contributed by atoms with E-state index >= 15 is 0 Å². The summed E-state index contributed by atoms with van der Waals surface area (Å²) in [6, 6.07) is 6.62. The lowest BCUT2D eigenvalue weighted by Crippen LogP contribution is -2.37. The van der Waals surface area contributed by atoms with Crippen LogP contribution in [0.3, 0.4) is 0 Å². The molecule has 0 saturated carbocycles. The van der Waals surface area contributed by atoms with Crippen molar-refractivity contribution in [3.8, 4) is 18.1 Å². The maximum atomic E-state index is 11.9. The van der Waals surface area contributed by atoms with Crippen molar-refractivity contribution in [3.05, 3.63) is 51.8 Å². The zero-order valence-corrected chi connectivity index (χ0v) is 15.7. The minimum Gasteiger partial charge on any atom is -0.460 e. The summed E-state index contributed by atoms with van der Waals surface area (Å²) < 4.78 is 10.7. The molecule has 2 aromatic rings. The van der Waals surface area contributed by atoms with Gasteiger partial charge < -0.3 is 9.47 Å². The van der Waals surface area contributed by atoms with Gasteiger partial charge in [-0.3, -0.25) is 4.90 Å². The quantitative estimate of drug-likeness (QED) is 0.327. The number of esters is 1. The molecule has 0 spiro atoms. The number of hydrogen-bond donors (Lipinski definition) is 0. The summed E-state index contributed by atoms with van der Waals surface area (Å²) in [6.07, 6.45) is 6.99. The highest BCUT2D eigenvalue weighted by Crippen LogP contribution is 2.37. The maximum Gasteiger partial charge on any atom is 0.356 e. The first-order valence-electron chi connectivity index (χ1n) is 7.53. The Morgan fingerprint density at radius 1 is 1.42 bits per heavy atom. The van der Waals surface area contributed by atoms with Gasteiger partial charge in [0, 0.05) is 17.0 Å². The summed E-state index contributed by atoms with van der Waals surface area (Å²) in [4.78, 5) is 17.7. The number of thiocarbonyl (C=S) groups is 1. The third kappa shape index (κ3) is 3.91. The molecule has 1 aliphatic heterocycles. The molecule has 1 aromatic heterocycles. The van der Waals surface area contributed by atoms with Crippen molar-refractivity contribution in [2.45, 2.75) is 13.0 Å². The fourth-order valence-corrected chi connectivity index (χ4v) is 3.19. The fourth-order valence-electron chi connectivity index (χ4n) is 2.36. The minimum atomic E-state index is -0.534. The topological polar surface area (TPSA) is 51.7 Å². The molecular weight excluding hydrogens is 395 g/mol. The number of rotatable bonds is 4. The third-order valence-electron chi connectivity index (χ3n) is 3.57. The maximum absolute atomic E-state index is 11.9. The van der Waals surface area contributed by atoms with E-state index in [-0.39, 0.29) is 17.5 Å². The van der Waals surface area contributed by atoms with Gasteiger partial charge in [0.2, 0.25) is 0 Å². The van der Waals surface area contributed by atoms with E-state index in [1.807, 2.05) is 0 Å². The smallest absolute Gasteiger partial charge is 0.356 e. The molecule has 2 heterocycles. The molecule has 0 atom stereocenters. The molecule has 0 radical (unpaired) electrons. The number of benzene rings is 1. The SMILES string of the molecule is C#CCCOC(=O)c1ccc(N2Cc3cc(Cl)cc(Cl)c3OC2=S)cn1. The van der Waals surface area contributed by atoms with Gasteiger partial charge in [0.05, 0.1) is 23.5 Å². The van der Waals surface area contributed by atoms with E-state index in [1.54, 1.807) is 29.2 Å². The van der Waals surface area contributed by atoms with Gasteiger partial charge in [-0.25, -0.2) is 9.78 Å². The van der Waals surface area contributed by atoms with E-state index in [2.05, 4.69) is 10.9 Å². The highest BCUT2D eigenvalue weighted by Gasteiger charge is 2.26. The number of pyridine rings is 1. The molecule has 0 aliphatic carbocycles. The average Bonchev–Trinajstić information content (AvgIpc) is 2.62. The Kier molecular flexibility index (Phi) is 5.62. The molecule has 0 bridgehead atoms. The van der Waals surface area contributed by atoms with Gasteiger partial charge in [-0.2, -0.15) is 0 Å². The second-order valence-corrected chi connectivity index (χ2v) is 6.51. The van der Waals surface area contributed by atoms with Crippen molar-refractivity contribution in [2.24, 2.45) is 0 Å². The first kappa shape index (κ1) is 18.5. The van der Waals surface area contributed by atoms with Crippen molar-refractivity contribution in [1.82, 2.24) is 4.98 Å². The molecule has 0 amide bonds. The third-order valence-corrected chi connectivity index (χ3v) is 4.37. The van der Waals surface area contributed by atoms with Gasteiger partial charge in [-0.05, 0) is 36.5 Å². The van der Waals surface area contributed by atoms with Crippen LogP contribution in [-0.2, 0) is 11.3 Å². The van der Waals surface area contributed by atoms with Crippen LogP contribution in [0.5, 0.6) is 5.75 Å². The Morgan fingerprint density at radius 2 is 2.23 bits per heavy atom. The highest BCUT2D eigenvalue weighted by atomic mass is 35.5. The van der Waals surface area contributed by atoms with Crippen molar-refractivity contribution < 1.29 is 14.3 Å². The van der Waals surface area contributed by atoms with E-state index in [9.17, 15) is 4.79 Å². The van der Waals surface area contributed by atoms with Gasteiger partial charge in [0.1, 0.15) is 12.3 Å². The summed E-state index contributed by atoms with van der Waals surface area (Å²) in [6.45, 7) is 0.573. The monoisotopic (exact) mass is 406 g/mol. The predicted octanol–water partition coefficient (Wildman–Crippen LogP) is 4.25. The van der Waals surface area contributed by atoms with Crippen molar-refractivity contribution in [3.63, 3.8) is 0 Å². The predicted molar refractivity (Wildman–Crippen MR) is 104 cm³/mol. The lowest BCUT2D eigenvalue weighted by molar-refractivity contribution is 0.0507. The summed E-state index contributed by atoms with van der Waals surface area (Å²) in [5.41, 5.74) is 1.65. The Bertz CT molecular complexity index is 910. The van der Waals surface area contributed by atoms with Crippen LogP contribution >= 0.6 is 35.4 Å². The Labute approximate surface area is 165 Å². The molecule has 1 aliphatic rings. The molecule has 0 saturated heterocycles. The first-order chi connectivity index (χ1) is 12.5. The van der Waals surface area contributed by atoms with Gasteiger partial charge in [-0.1, -0.05) is 23.2 Å². The fraction of sp³-hybridized carbons (Fsp3) is 0.167. The zero-order valence-electron chi connectivity index (χ0n) is 13.4. The van der Waals surface area contributed by atoms with Gasteiger partial charge >= 0.3 is 5.97 Å². The van der Waals surface area contributed by atoms with Gasteiger partial charge in [0.15, 0.2) is 5.75 Å². The van der Waals surface area contributed by atoms with Gasteiger partial charge in [0.25, 0.3) is 5.17 Å². The number of ether oxygens (including phenoxy) is 2. The van der Waals surface area contributed by atoms with Crippen LogP contribution < -0.4 is 9.64 Å². The van der Waals surface area contributed by atoms with Crippen molar-refractivity contribution in [2.75, 3.05) is 11.5 Å². The van der Waals surface area contributed by atoms with E-state index in [1.165, 1.54) is 6.20 Å². The Hall–Kier alpha value is -2.33. The number of hydrogen-bond acceptors (Lipinski definition) is 5. The van der Waals surface area contributed by atoms with Gasteiger partial charge in [-0.15, -0.1) is 12.3 Å². The van der Waals surface area contributed by atoms with E-state index in [4.69, 9.17) is 51.3 Å². The van der Waals surface area contributed by atoms with Crippen LogP contribution in [0.2, 0.25) is 10.0 Å². The molecule has 132 valence electrons. The second kappa shape index (κ2) is 7.92. The number of nitrogens with zero attached hydrogens (tertiary/aromatic N) is 2. The number of anilines is 1. The first-order valence-corrected chi connectivity index (χ1v) is 8.70. The minimum absolute atomic E-state index is 0.154. The molecule has 0 N–H and O–H groups in total. The number of terminal acetylenes is 1. The van der Waals surface area contributed by atoms with Crippen LogP contribution in [0.1, 0.15) is 22.5 Å². The molecule has 0 fully saturated rings. The number of carbonyl (C=O) groups excluding carboxylic acids is 1. The van der Waals surface area contributed by atoms with Crippen LogP contribution in [0.15, 0.2) is 30.5 Å². The largest absolute Gasteiger partial charge is 0.460 e. The lowest BCUT2D eigenvalue weighted by Gasteiger charge is -2.30. The van der Waals surface area contributed by atoms with E-state index < -0.39 is 5.97 Å². The molecule has 3 rings (SSSR count). The number of halogens is 2. The van der Waals surface area contributed by atoms with Crippen LogP contribution in [0.25, 0.3) is 0 Å². The van der Waals surface area contributed by atoms with E-state index in [0.717, 1.165) is 5.56 Å². The molecule has 8 heteroatoms. The van der Waals surface area contributed by atoms with Crippen LogP contribution in [-0.4, -0.2) is 22.7 Å². The van der Waals surface area contributed by atoms with Crippen molar-refractivity contribution in [1.29, 1.82) is 0 Å². The van der Waals surface area contributed by atoms with Crippen LogP contribution in [0, 0.1) is 12.3 Å². The number of carbonyl (C=O) groups is 1. The summed E-state index contributed by atoms with van der Waals surface area (Å²) in [5, 5.41) is 1.14. The number of aromatic nitrogens is 1. The second-order valence-electron chi connectivity index (χ2n) is 5.32. The molecule has 1 aromatic carbocycles. The number of fused-ring (bicyclic) bond motifs is 1. The molecular formula is C18H12Cl2N2O3S. The summed E-state index contributed by atoms with van der Waals surface area (Å²) in [7, 11) is 0. The Balaban J connectivity index is 1.78. The normalized spacial score (nSPS) is 12.8. The standard InChI is InChI=1S/C18H12Cl2N2O3S/c1-2-3-6-24-17(23)15-5-4-13(9-21-15)22-10-11-7-12(19)8-14(20)16(11)25-18(22)26/h1,4-5,7-9H,3,6,10H2. The van der Waals surface area contributed by atoms with Crippen LogP contribution in [0.4, 0.5) is 5.69 Å². The molecule has 26 heavy (non-hydrogen) atoms. The van der Waals surface area contributed by atoms with E-state index in [0.29, 0.717) is 34.4 Å². The lowest BCUT2D eigenvalue weighted by atomic mass is 10.1. The Morgan fingerprint density at radius 3 is 2.92 bits per heavy atom. The average molecular weight is 407 g/mol. The molecule has 5 nitrogen and oxygen atoms in total. The van der Waals surface area contributed by atoms with Crippen molar-refractivity contribution >= 4 is 52.3 Å². The summed E-state index contributed by atoms with van der Waals surface area (Å²) in [5.74, 6) is 2.36.